The van der Waals surface area contributed by atoms with Gasteiger partial charge in [-0.3, -0.25) is 9.59 Å². The van der Waals surface area contributed by atoms with Gasteiger partial charge in [0.15, 0.2) is 12.7 Å². The van der Waals surface area contributed by atoms with E-state index in [0.29, 0.717) is 22.8 Å². The normalized spacial score (nSPS) is 11.1. The number of para-hydroxylation sites is 1. The lowest BCUT2D eigenvalue weighted by Gasteiger charge is -2.21. The molecule has 2 aromatic carbocycles. The Bertz CT molecular complexity index is 1180. The van der Waals surface area contributed by atoms with E-state index >= 15 is 0 Å². The van der Waals surface area contributed by atoms with E-state index in [1.807, 2.05) is 6.07 Å². The number of hydrogen-bond donors (Lipinski definition) is 1. The lowest BCUT2D eigenvalue weighted by molar-refractivity contribution is -0.154. The first-order valence-electron chi connectivity index (χ1n) is 10.4. The van der Waals surface area contributed by atoms with Crippen molar-refractivity contribution in [2.45, 2.75) is 19.6 Å². The average molecular weight is 461 g/mol. The number of esters is 1. The van der Waals surface area contributed by atoms with Crippen molar-refractivity contribution in [1.82, 2.24) is 5.32 Å². The van der Waals surface area contributed by atoms with Crippen molar-refractivity contribution in [2.24, 2.45) is 0 Å². The van der Waals surface area contributed by atoms with Gasteiger partial charge in [-0.25, -0.2) is 4.79 Å². The number of benzene rings is 2. The molecule has 0 aliphatic heterocycles. The average Bonchev–Trinajstić information content (AvgIpc) is 3.39. The summed E-state index contributed by atoms with van der Waals surface area (Å²) in [4.78, 5) is 38.8. The SMILES string of the molecule is CC(Oc1ccc(C#N)cc1)C(=O)OCC(=O)N(C)c1ccccc1C(=O)NCc1ccco1. The lowest BCUT2D eigenvalue weighted by Crippen LogP contribution is -2.35. The maximum atomic E-state index is 12.6. The molecule has 0 saturated carbocycles. The van der Waals surface area contributed by atoms with Gasteiger partial charge >= 0.3 is 5.97 Å². The fraction of sp³-hybridized carbons (Fsp3) is 0.200. The van der Waals surface area contributed by atoms with Gasteiger partial charge in [-0.05, 0) is 55.5 Å². The summed E-state index contributed by atoms with van der Waals surface area (Å²) in [6.07, 6.45) is 0.546. The van der Waals surface area contributed by atoms with Gasteiger partial charge in [-0.15, -0.1) is 0 Å². The van der Waals surface area contributed by atoms with E-state index in [-0.39, 0.29) is 18.0 Å². The Labute approximate surface area is 196 Å². The zero-order chi connectivity index (χ0) is 24.5. The third-order valence-corrected chi connectivity index (χ3v) is 4.85. The number of nitriles is 1. The molecule has 3 rings (SSSR count). The number of anilines is 1. The smallest absolute Gasteiger partial charge is 0.347 e. The molecule has 0 aliphatic rings. The van der Waals surface area contributed by atoms with E-state index in [0.717, 1.165) is 0 Å². The highest BCUT2D eigenvalue weighted by atomic mass is 16.6. The van der Waals surface area contributed by atoms with Gasteiger partial charge in [-0.2, -0.15) is 5.26 Å². The molecule has 1 atom stereocenters. The summed E-state index contributed by atoms with van der Waals surface area (Å²) in [5, 5.41) is 11.6. The third-order valence-electron chi connectivity index (χ3n) is 4.85. The van der Waals surface area contributed by atoms with Gasteiger partial charge in [0.2, 0.25) is 0 Å². The molecule has 0 radical (unpaired) electrons. The van der Waals surface area contributed by atoms with Gasteiger partial charge in [0.05, 0.1) is 35.7 Å². The highest BCUT2D eigenvalue weighted by Crippen LogP contribution is 2.20. The minimum Gasteiger partial charge on any atom is -0.479 e. The molecule has 1 unspecified atom stereocenters. The van der Waals surface area contributed by atoms with E-state index < -0.39 is 24.6 Å². The molecule has 0 saturated heterocycles. The molecule has 9 heteroatoms. The Kier molecular flexibility index (Phi) is 8.02. The second-order valence-electron chi connectivity index (χ2n) is 7.24. The number of hydrogen-bond acceptors (Lipinski definition) is 7. The van der Waals surface area contributed by atoms with Crippen molar-refractivity contribution < 1.29 is 28.3 Å². The molecule has 0 aliphatic carbocycles. The predicted octanol–water partition coefficient (Wildman–Crippen LogP) is 3.05. The van der Waals surface area contributed by atoms with Crippen LogP contribution < -0.4 is 15.0 Å². The largest absolute Gasteiger partial charge is 0.479 e. The molecule has 0 bridgehead atoms. The molecule has 34 heavy (non-hydrogen) atoms. The fourth-order valence-electron chi connectivity index (χ4n) is 2.98. The first-order valence-corrected chi connectivity index (χ1v) is 10.4. The van der Waals surface area contributed by atoms with Crippen molar-refractivity contribution in [3.8, 4) is 11.8 Å². The van der Waals surface area contributed by atoms with Gasteiger partial charge in [0.25, 0.3) is 11.8 Å². The van der Waals surface area contributed by atoms with Gasteiger partial charge in [0, 0.05) is 7.05 Å². The standard InChI is InChI=1S/C25H23N3O6/c1-17(34-19-11-9-18(14-26)10-12-19)25(31)33-16-23(29)28(2)22-8-4-3-7-21(22)24(30)27-15-20-6-5-13-32-20/h3-13,17H,15-16H2,1-2H3,(H,27,30). The number of ether oxygens (including phenoxy) is 2. The van der Waals surface area contributed by atoms with Crippen molar-refractivity contribution in [1.29, 1.82) is 5.26 Å². The first-order chi connectivity index (χ1) is 16.4. The highest BCUT2D eigenvalue weighted by Gasteiger charge is 2.22. The fourth-order valence-corrected chi connectivity index (χ4v) is 2.98. The van der Waals surface area contributed by atoms with Crippen LogP contribution in [0.4, 0.5) is 5.69 Å². The third kappa shape index (κ3) is 6.23. The number of carbonyl (C=O) groups excluding carboxylic acids is 3. The van der Waals surface area contributed by atoms with Crippen LogP contribution in [0.2, 0.25) is 0 Å². The van der Waals surface area contributed by atoms with Gasteiger partial charge in [0.1, 0.15) is 11.5 Å². The molecule has 1 aromatic heterocycles. The van der Waals surface area contributed by atoms with Crippen LogP contribution in [-0.4, -0.2) is 37.5 Å². The van der Waals surface area contributed by atoms with E-state index in [4.69, 9.17) is 19.2 Å². The van der Waals surface area contributed by atoms with Crippen LogP contribution in [0.5, 0.6) is 5.75 Å². The van der Waals surface area contributed by atoms with Crippen molar-refractivity contribution in [3.63, 3.8) is 0 Å². The summed E-state index contributed by atoms with van der Waals surface area (Å²) >= 11 is 0. The summed E-state index contributed by atoms with van der Waals surface area (Å²) < 4.78 is 15.8. The van der Waals surface area contributed by atoms with E-state index in [2.05, 4.69) is 5.32 Å². The molecule has 0 spiro atoms. The van der Waals surface area contributed by atoms with Crippen molar-refractivity contribution in [2.75, 3.05) is 18.6 Å². The molecular weight excluding hydrogens is 438 g/mol. The second-order valence-corrected chi connectivity index (χ2v) is 7.24. The quantitative estimate of drug-likeness (QED) is 0.486. The topological polar surface area (TPSA) is 122 Å². The first kappa shape index (κ1) is 24.1. The number of furan rings is 1. The molecule has 1 heterocycles. The van der Waals surface area contributed by atoms with E-state index in [1.54, 1.807) is 60.7 Å². The van der Waals surface area contributed by atoms with Gasteiger partial charge in [-0.1, -0.05) is 12.1 Å². The minimum atomic E-state index is -0.967. The summed E-state index contributed by atoms with van der Waals surface area (Å²) in [7, 11) is 1.49. The van der Waals surface area contributed by atoms with Gasteiger partial charge < -0.3 is 24.1 Å². The maximum Gasteiger partial charge on any atom is 0.347 e. The van der Waals surface area contributed by atoms with Crippen LogP contribution in [0.15, 0.2) is 71.3 Å². The number of nitrogens with zero attached hydrogens (tertiary/aromatic N) is 2. The van der Waals surface area contributed by atoms with Crippen LogP contribution >= 0.6 is 0 Å². The Morgan fingerprint density at radius 2 is 1.82 bits per heavy atom. The molecule has 174 valence electrons. The molecule has 0 fully saturated rings. The second kappa shape index (κ2) is 11.3. The zero-order valence-corrected chi connectivity index (χ0v) is 18.7. The number of rotatable bonds is 9. The zero-order valence-electron chi connectivity index (χ0n) is 18.7. The minimum absolute atomic E-state index is 0.201. The van der Waals surface area contributed by atoms with Crippen LogP contribution in [0.3, 0.4) is 0 Å². The Hall–Kier alpha value is -4.58. The summed E-state index contributed by atoms with van der Waals surface area (Å²) in [6, 6.07) is 18.3. The summed E-state index contributed by atoms with van der Waals surface area (Å²) in [5.41, 5.74) is 1.11. The number of carbonyl (C=O) groups is 3. The lowest BCUT2D eigenvalue weighted by atomic mass is 10.1. The van der Waals surface area contributed by atoms with Crippen molar-refractivity contribution >= 4 is 23.5 Å². The maximum absolute atomic E-state index is 12.6. The number of nitrogens with one attached hydrogen (secondary N) is 1. The van der Waals surface area contributed by atoms with Crippen LogP contribution in [0.1, 0.15) is 28.6 Å². The van der Waals surface area contributed by atoms with E-state index in [1.165, 1.54) is 25.1 Å². The van der Waals surface area contributed by atoms with E-state index in [9.17, 15) is 14.4 Å². The van der Waals surface area contributed by atoms with Crippen LogP contribution in [0.25, 0.3) is 0 Å². The monoisotopic (exact) mass is 461 g/mol. The Morgan fingerprint density at radius 3 is 2.50 bits per heavy atom. The van der Waals surface area contributed by atoms with Crippen molar-refractivity contribution in [3.05, 3.63) is 83.8 Å². The Balaban J connectivity index is 1.56. The summed E-state index contributed by atoms with van der Waals surface area (Å²) in [6.45, 7) is 1.17. The van der Waals surface area contributed by atoms with Crippen LogP contribution in [0, 0.1) is 11.3 Å². The number of amides is 2. The molecule has 3 aromatic rings. The molecule has 2 amide bonds. The number of likely N-dealkylation sites (N-methyl/N-ethyl adjacent to an activating group) is 1. The molecule has 9 nitrogen and oxygen atoms in total. The Morgan fingerprint density at radius 1 is 1.09 bits per heavy atom. The highest BCUT2D eigenvalue weighted by molar-refractivity contribution is 6.05. The summed E-state index contributed by atoms with van der Waals surface area (Å²) in [5.74, 6) is -0.644. The molecule has 1 N–H and O–H groups in total. The van der Waals surface area contributed by atoms with Crippen LogP contribution in [-0.2, 0) is 20.9 Å². The molecular formula is C25H23N3O6. The predicted molar refractivity (Wildman–Crippen MR) is 122 cm³/mol.